The molecule has 1 saturated heterocycles. The molecule has 268 valence electrons. The molecular formula is C36H61N3O8. The van der Waals surface area contributed by atoms with Crippen molar-refractivity contribution in [3.05, 3.63) is 23.8 Å². The van der Waals surface area contributed by atoms with Gasteiger partial charge in [0.25, 0.3) is 0 Å². The highest BCUT2D eigenvalue weighted by Gasteiger charge is 2.43. The van der Waals surface area contributed by atoms with Crippen molar-refractivity contribution in [2.75, 3.05) is 47.3 Å². The van der Waals surface area contributed by atoms with Crippen molar-refractivity contribution in [2.24, 2.45) is 40.7 Å². The Hall–Kier alpha value is -3.05. The van der Waals surface area contributed by atoms with Gasteiger partial charge in [-0.25, -0.2) is 4.79 Å². The number of methoxy groups -OCH3 is 2. The van der Waals surface area contributed by atoms with Gasteiger partial charge >= 0.3 is 6.09 Å². The predicted molar refractivity (Wildman–Crippen MR) is 182 cm³/mol. The molecule has 11 nitrogen and oxygen atoms in total. The van der Waals surface area contributed by atoms with Crippen LogP contribution in [0.25, 0.3) is 0 Å². The van der Waals surface area contributed by atoms with Crippen LogP contribution in [0.15, 0.2) is 18.2 Å². The van der Waals surface area contributed by atoms with Gasteiger partial charge in [-0.1, -0.05) is 47.6 Å². The average molecular weight is 664 g/mol. The second kappa shape index (κ2) is 19.1. The van der Waals surface area contributed by atoms with Crippen LogP contribution in [0, 0.1) is 35.0 Å². The summed E-state index contributed by atoms with van der Waals surface area (Å²) in [5.41, 5.74) is 5.76. The predicted octanol–water partition coefficient (Wildman–Crippen LogP) is 5.42. The minimum atomic E-state index is -0.874. The number of carbonyl (C=O) groups excluding carboxylic acids is 3. The van der Waals surface area contributed by atoms with Gasteiger partial charge < -0.3 is 34.7 Å². The van der Waals surface area contributed by atoms with Crippen molar-refractivity contribution in [1.29, 1.82) is 0 Å². The van der Waals surface area contributed by atoms with Gasteiger partial charge in [0.1, 0.15) is 6.73 Å². The van der Waals surface area contributed by atoms with Gasteiger partial charge in [-0.2, -0.15) is 0 Å². The summed E-state index contributed by atoms with van der Waals surface area (Å²) >= 11 is 0. The molecule has 0 saturated carbocycles. The van der Waals surface area contributed by atoms with Crippen LogP contribution in [0.2, 0.25) is 0 Å². The van der Waals surface area contributed by atoms with Gasteiger partial charge in [0.05, 0.1) is 37.9 Å². The Morgan fingerprint density at radius 2 is 1.72 bits per heavy atom. The van der Waals surface area contributed by atoms with Crippen molar-refractivity contribution in [2.45, 2.75) is 93.2 Å². The Kier molecular flexibility index (Phi) is 16.3. The molecule has 1 aliphatic heterocycles. The van der Waals surface area contributed by atoms with Gasteiger partial charge in [0, 0.05) is 32.6 Å². The number of nitrogens with two attached hydrogens (primary N) is 1. The van der Waals surface area contributed by atoms with Crippen LogP contribution in [0.5, 0.6) is 11.5 Å². The fourth-order valence-electron chi connectivity index (χ4n) is 5.61. The van der Waals surface area contributed by atoms with Gasteiger partial charge in [-0.3, -0.25) is 14.5 Å². The van der Waals surface area contributed by atoms with Crippen molar-refractivity contribution < 1.29 is 38.1 Å². The molecule has 0 aromatic heterocycles. The first-order valence-electron chi connectivity index (χ1n) is 17.0. The molecule has 0 spiro atoms. The highest BCUT2D eigenvalue weighted by atomic mass is 16.6. The van der Waals surface area contributed by atoms with Gasteiger partial charge in [-0.15, -0.1) is 0 Å². The van der Waals surface area contributed by atoms with E-state index in [-0.39, 0.29) is 55.0 Å². The van der Waals surface area contributed by atoms with E-state index in [1.54, 1.807) is 33.0 Å². The van der Waals surface area contributed by atoms with Crippen LogP contribution in [0.4, 0.5) is 4.79 Å². The Labute approximate surface area is 282 Å². The fourth-order valence-corrected chi connectivity index (χ4v) is 5.61. The highest BCUT2D eigenvalue weighted by Crippen LogP contribution is 2.36. The third-order valence-electron chi connectivity index (χ3n) is 8.99. The molecule has 3 N–H and O–H groups in total. The number of hydrogen-bond acceptors (Lipinski definition) is 8. The summed E-state index contributed by atoms with van der Waals surface area (Å²) in [5, 5.41) is 2.94. The van der Waals surface area contributed by atoms with Gasteiger partial charge in [-0.05, 0) is 74.5 Å². The van der Waals surface area contributed by atoms with Crippen LogP contribution in [-0.2, 0) is 30.2 Å². The third kappa shape index (κ3) is 12.5. The smallest absolute Gasteiger partial charge is 0.411 e. The topological polar surface area (TPSA) is 139 Å². The molecule has 2 unspecified atom stereocenters. The first-order valence-corrected chi connectivity index (χ1v) is 17.0. The number of nitrogens with one attached hydrogen (secondary N) is 1. The normalized spacial score (nSPS) is 18.0. The largest absolute Gasteiger partial charge is 0.493 e. The van der Waals surface area contributed by atoms with Crippen LogP contribution in [-0.4, -0.2) is 82.3 Å². The lowest BCUT2D eigenvalue weighted by Gasteiger charge is -2.33. The molecule has 11 heteroatoms. The molecule has 1 fully saturated rings. The zero-order chi connectivity index (χ0) is 35.3. The lowest BCUT2D eigenvalue weighted by Crippen LogP contribution is -2.47. The Morgan fingerprint density at radius 3 is 2.30 bits per heavy atom. The zero-order valence-corrected chi connectivity index (χ0v) is 30.4. The SMILES string of the molecule is COCCCOc1cc(CC(C[C@H]2[C@H](CC(C(=O)NCC(C)(C)C(N)=O)C(C)C)OCN2C(=O)OCC(C)C)C(C)C)ccc1OC. The summed E-state index contributed by atoms with van der Waals surface area (Å²) in [5.74, 6) is 1.00. The van der Waals surface area contributed by atoms with E-state index in [2.05, 4.69) is 25.2 Å². The maximum absolute atomic E-state index is 13.5. The zero-order valence-electron chi connectivity index (χ0n) is 30.4. The van der Waals surface area contributed by atoms with Crippen molar-refractivity contribution in [1.82, 2.24) is 10.2 Å². The monoisotopic (exact) mass is 663 g/mol. The van der Waals surface area contributed by atoms with Crippen molar-refractivity contribution >= 4 is 17.9 Å². The highest BCUT2D eigenvalue weighted by molar-refractivity contribution is 5.83. The van der Waals surface area contributed by atoms with E-state index in [1.807, 2.05) is 39.8 Å². The summed E-state index contributed by atoms with van der Waals surface area (Å²) in [6, 6.07) is 5.73. The Morgan fingerprint density at radius 1 is 1.02 bits per heavy atom. The summed E-state index contributed by atoms with van der Waals surface area (Å²) in [4.78, 5) is 40.4. The summed E-state index contributed by atoms with van der Waals surface area (Å²) in [6.45, 7) is 17.5. The number of primary amides is 1. The first-order chi connectivity index (χ1) is 22.1. The van der Waals surface area contributed by atoms with Crippen molar-refractivity contribution in [3.63, 3.8) is 0 Å². The van der Waals surface area contributed by atoms with Crippen LogP contribution in [0.1, 0.15) is 80.2 Å². The first kappa shape index (κ1) is 40.1. The number of ether oxygens (including phenoxy) is 5. The number of nitrogens with zero attached hydrogens (tertiary/aromatic N) is 1. The second-order valence-corrected chi connectivity index (χ2v) is 14.5. The van der Waals surface area contributed by atoms with Gasteiger partial charge in [0.15, 0.2) is 11.5 Å². The number of amides is 3. The molecular weight excluding hydrogens is 602 g/mol. The summed E-state index contributed by atoms with van der Waals surface area (Å²) < 4.78 is 28.7. The minimum Gasteiger partial charge on any atom is -0.493 e. The number of carbonyl (C=O) groups is 3. The summed E-state index contributed by atoms with van der Waals surface area (Å²) in [7, 11) is 3.30. The fraction of sp³-hybridized carbons (Fsp3) is 0.750. The van der Waals surface area contributed by atoms with E-state index in [9.17, 15) is 14.4 Å². The lowest BCUT2D eigenvalue weighted by molar-refractivity contribution is -0.130. The number of rotatable bonds is 20. The molecule has 0 radical (unpaired) electrons. The number of hydrogen-bond donors (Lipinski definition) is 2. The number of benzene rings is 1. The van der Waals surface area contributed by atoms with Crippen molar-refractivity contribution in [3.8, 4) is 11.5 Å². The molecule has 2 rings (SSSR count). The molecule has 3 amide bonds. The van der Waals surface area contributed by atoms with E-state index in [4.69, 9.17) is 29.4 Å². The second-order valence-electron chi connectivity index (χ2n) is 14.5. The van der Waals surface area contributed by atoms with E-state index in [0.29, 0.717) is 44.2 Å². The average Bonchev–Trinajstić information content (AvgIpc) is 3.41. The minimum absolute atomic E-state index is 0.000359. The molecule has 1 heterocycles. The standard InChI is InChI=1S/C36H61N3O8/c1-23(2)20-46-35(42)39-22-47-31(19-28(25(5)6)33(40)38-21-36(7,8)34(37)41)29(39)18-27(24(3)4)16-26-12-13-30(44-10)32(17-26)45-15-11-14-43-9/h12-13,17,23-25,27-29,31H,11,14-16,18-22H2,1-10H3,(H2,37,41)(H,38,40)/t27?,28?,29-,31-/m0/s1. The lowest BCUT2D eigenvalue weighted by atomic mass is 9.80. The van der Waals surface area contributed by atoms with E-state index in [1.165, 1.54) is 0 Å². The van der Waals surface area contributed by atoms with E-state index >= 15 is 0 Å². The quantitative estimate of drug-likeness (QED) is 0.176. The molecule has 4 atom stereocenters. The summed E-state index contributed by atoms with van der Waals surface area (Å²) in [6.07, 6.45) is 1.83. The van der Waals surface area contributed by atoms with Crippen LogP contribution in [0.3, 0.4) is 0 Å². The third-order valence-corrected chi connectivity index (χ3v) is 8.99. The molecule has 1 aromatic rings. The maximum atomic E-state index is 13.5. The molecule has 47 heavy (non-hydrogen) atoms. The molecule has 1 aliphatic rings. The van der Waals surface area contributed by atoms with E-state index in [0.717, 1.165) is 18.4 Å². The molecule has 0 bridgehead atoms. The Bertz CT molecular complexity index is 1140. The Balaban J connectivity index is 2.33. The molecule has 1 aromatic carbocycles. The van der Waals surface area contributed by atoms with Crippen LogP contribution >= 0.6 is 0 Å². The van der Waals surface area contributed by atoms with E-state index < -0.39 is 23.3 Å². The molecule has 0 aliphatic carbocycles. The maximum Gasteiger partial charge on any atom is 0.411 e. The van der Waals surface area contributed by atoms with Crippen LogP contribution < -0.4 is 20.5 Å². The van der Waals surface area contributed by atoms with Gasteiger partial charge in [0.2, 0.25) is 11.8 Å².